The number of aromatic nitrogens is 1. The van der Waals surface area contributed by atoms with Gasteiger partial charge in [0.2, 0.25) is 5.91 Å². The standard InChI is InChI=1S/C25H27N3O5S/c1-5-32-21-11-9-19(10-12-21)24(31)26-13-23(30)33-14-20-15-34-25(27-20)28(18(4)29)22-8-6-7-16(2)17(22)3/h6-12,15H,5,13-14H2,1-4H3,(H,26,31). The van der Waals surface area contributed by atoms with E-state index < -0.39 is 5.97 Å². The van der Waals surface area contributed by atoms with Crippen LogP contribution in [-0.2, 0) is 20.9 Å². The van der Waals surface area contributed by atoms with Crippen LogP contribution < -0.4 is 15.0 Å². The summed E-state index contributed by atoms with van der Waals surface area (Å²) in [5.74, 6) is -0.473. The molecule has 0 unspecified atom stereocenters. The number of benzene rings is 2. The number of carbonyl (C=O) groups is 3. The highest BCUT2D eigenvalue weighted by Gasteiger charge is 2.20. The SMILES string of the molecule is CCOc1ccc(C(=O)NCC(=O)OCc2csc(N(C(C)=O)c3cccc(C)c3C)n2)cc1. The van der Waals surface area contributed by atoms with Gasteiger partial charge in [-0.25, -0.2) is 4.98 Å². The van der Waals surface area contributed by atoms with Crippen LogP contribution in [0.2, 0.25) is 0 Å². The molecule has 0 saturated heterocycles. The maximum Gasteiger partial charge on any atom is 0.325 e. The fraction of sp³-hybridized carbons (Fsp3) is 0.280. The predicted molar refractivity (Wildman–Crippen MR) is 131 cm³/mol. The van der Waals surface area contributed by atoms with Gasteiger partial charge in [0.1, 0.15) is 18.9 Å². The van der Waals surface area contributed by atoms with E-state index in [1.807, 2.05) is 39.0 Å². The Morgan fingerprint density at radius 3 is 2.50 bits per heavy atom. The molecule has 0 saturated carbocycles. The van der Waals surface area contributed by atoms with Crippen LogP contribution in [0.15, 0.2) is 47.8 Å². The average Bonchev–Trinajstić information content (AvgIpc) is 3.28. The minimum Gasteiger partial charge on any atom is -0.494 e. The third-order valence-corrected chi connectivity index (χ3v) is 5.94. The fourth-order valence-corrected chi connectivity index (χ4v) is 4.04. The number of hydrogen-bond acceptors (Lipinski definition) is 7. The number of hydrogen-bond donors (Lipinski definition) is 1. The Morgan fingerprint density at radius 2 is 1.82 bits per heavy atom. The largest absolute Gasteiger partial charge is 0.494 e. The molecule has 34 heavy (non-hydrogen) atoms. The van der Waals surface area contributed by atoms with E-state index in [1.54, 1.807) is 34.5 Å². The highest BCUT2D eigenvalue weighted by Crippen LogP contribution is 2.32. The Morgan fingerprint density at radius 1 is 1.09 bits per heavy atom. The average molecular weight is 482 g/mol. The first-order valence-electron chi connectivity index (χ1n) is 10.8. The lowest BCUT2D eigenvalue weighted by Crippen LogP contribution is -2.30. The third-order valence-electron chi connectivity index (χ3n) is 5.06. The second-order valence-electron chi connectivity index (χ2n) is 7.50. The number of aryl methyl sites for hydroxylation is 1. The van der Waals surface area contributed by atoms with E-state index in [9.17, 15) is 14.4 Å². The van der Waals surface area contributed by atoms with Gasteiger partial charge >= 0.3 is 5.97 Å². The van der Waals surface area contributed by atoms with Crippen molar-refractivity contribution in [1.29, 1.82) is 0 Å². The molecule has 0 bridgehead atoms. The Bertz CT molecular complexity index is 1170. The number of nitrogens with one attached hydrogen (secondary N) is 1. The van der Waals surface area contributed by atoms with Gasteiger partial charge in [-0.15, -0.1) is 11.3 Å². The van der Waals surface area contributed by atoms with E-state index >= 15 is 0 Å². The molecule has 8 nitrogen and oxygen atoms in total. The predicted octanol–water partition coefficient (Wildman–Crippen LogP) is 4.32. The van der Waals surface area contributed by atoms with Crippen molar-refractivity contribution in [2.45, 2.75) is 34.3 Å². The summed E-state index contributed by atoms with van der Waals surface area (Å²) in [5.41, 5.74) is 3.76. The Labute approximate surface area is 202 Å². The lowest BCUT2D eigenvalue weighted by molar-refractivity contribution is -0.143. The normalized spacial score (nSPS) is 10.5. The molecule has 3 aromatic rings. The van der Waals surface area contributed by atoms with E-state index in [-0.39, 0.29) is 25.0 Å². The van der Waals surface area contributed by atoms with Crippen molar-refractivity contribution >= 4 is 39.9 Å². The van der Waals surface area contributed by atoms with Crippen LogP contribution in [0.5, 0.6) is 5.75 Å². The van der Waals surface area contributed by atoms with Crippen molar-refractivity contribution in [2.24, 2.45) is 0 Å². The quantitative estimate of drug-likeness (QED) is 0.457. The summed E-state index contributed by atoms with van der Waals surface area (Å²) in [6.07, 6.45) is 0. The summed E-state index contributed by atoms with van der Waals surface area (Å²) in [6.45, 7) is 7.50. The highest BCUT2D eigenvalue weighted by molar-refractivity contribution is 7.14. The molecule has 1 N–H and O–H groups in total. The van der Waals surface area contributed by atoms with Crippen LogP contribution >= 0.6 is 11.3 Å². The van der Waals surface area contributed by atoms with Crippen LogP contribution in [0.3, 0.4) is 0 Å². The Balaban J connectivity index is 1.55. The molecule has 0 spiro atoms. The van der Waals surface area contributed by atoms with Crippen molar-refractivity contribution in [1.82, 2.24) is 10.3 Å². The topological polar surface area (TPSA) is 97.8 Å². The third kappa shape index (κ3) is 6.20. The zero-order valence-corrected chi connectivity index (χ0v) is 20.4. The highest BCUT2D eigenvalue weighted by atomic mass is 32.1. The summed E-state index contributed by atoms with van der Waals surface area (Å²) in [4.78, 5) is 42.7. The van der Waals surface area contributed by atoms with Gasteiger partial charge in [0.05, 0.1) is 18.0 Å². The van der Waals surface area contributed by atoms with Crippen molar-refractivity contribution in [3.8, 4) is 5.75 Å². The molecule has 0 fully saturated rings. The number of esters is 1. The number of nitrogens with zero attached hydrogens (tertiary/aromatic N) is 2. The van der Waals surface area contributed by atoms with Crippen LogP contribution in [0.1, 0.15) is 41.0 Å². The number of thiazole rings is 1. The molecule has 3 rings (SSSR count). The zero-order valence-electron chi connectivity index (χ0n) is 19.6. The molecule has 9 heteroatoms. The number of anilines is 2. The number of rotatable bonds is 9. The van der Waals surface area contributed by atoms with Gasteiger partial charge < -0.3 is 14.8 Å². The van der Waals surface area contributed by atoms with E-state index in [0.717, 1.165) is 16.8 Å². The van der Waals surface area contributed by atoms with Gasteiger partial charge in [-0.05, 0) is 62.2 Å². The summed E-state index contributed by atoms with van der Waals surface area (Å²) in [7, 11) is 0. The lowest BCUT2D eigenvalue weighted by Gasteiger charge is -2.21. The first-order chi connectivity index (χ1) is 16.3. The second kappa shape index (κ2) is 11.4. The molecular formula is C25H27N3O5S. The monoisotopic (exact) mass is 481 g/mol. The first kappa shape index (κ1) is 24.9. The van der Waals surface area contributed by atoms with Gasteiger partial charge in [-0.1, -0.05) is 12.1 Å². The fourth-order valence-electron chi connectivity index (χ4n) is 3.18. The summed E-state index contributed by atoms with van der Waals surface area (Å²) in [5, 5.41) is 4.77. The summed E-state index contributed by atoms with van der Waals surface area (Å²) < 4.78 is 10.6. The molecule has 2 amide bonds. The van der Waals surface area contributed by atoms with Gasteiger partial charge in [-0.2, -0.15) is 0 Å². The summed E-state index contributed by atoms with van der Waals surface area (Å²) >= 11 is 1.29. The maximum absolute atomic E-state index is 12.4. The molecule has 0 radical (unpaired) electrons. The van der Waals surface area contributed by atoms with Gasteiger partial charge in [-0.3, -0.25) is 19.3 Å². The summed E-state index contributed by atoms with van der Waals surface area (Å²) in [6, 6.07) is 12.4. The molecule has 0 aliphatic rings. The van der Waals surface area contributed by atoms with Crippen LogP contribution in [0, 0.1) is 13.8 Å². The molecular weight excluding hydrogens is 454 g/mol. The molecule has 178 valence electrons. The minimum atomic E-state index is -0.591. The van der Waals surface area contributed by atoms with Crippen molar-refractivity contribution in [3.63, 3.8) is 0 Å². The lowest BCUT2D eigenvalue weighted by atomic mass is 10.1. The zero-order chi connectivity index (χ0) is 24.7. The molecule has 0 aliphatic carbocycles. The number of ether oxygens (including phenoxy) is 2. The molecule has 0 aliphatic heterocycles. The van der Waals surface area contributed by atoms with E-state index in [0.29, 0.717) is 28.7 Å². The van der Waals surface area contributed by atoms with Gasteiger partial charge in [0.25, 0.3) is 5.91 Å². The van der Waals surface area contributed by atoms with Crippen molar-refractivity contribution in [2.75, 3.05) is 18.1 Å². The van der Waals surface area contributed by atoms with Gasteiger partial charge in [0.15, 0.2) is 5.13 Å². The minimum absolute atomic E-state index is 0.0627. The molecule has 2 aromatic carbocycles. The van der Waals surface area contributed by atoms with E-state index in [4.69, 9.17) is 9.47 Å². The maximum atomic E-state index is 12.4. The number of carbonyl (C=O) groups excluding carboxylic acids is 3. The van der Waals surface area contributed by atoms with Crippen molar-refractivity contribution < 1.29 is 23.9 Å². The first-order valence-corrected chi connectivity index (χ1v) is 11.7. The second-order valence-corrected chi connectivity index (χ2v) is 8.33. The van der Waals surface area contributed by atoms with Gasteiger partial charge in [0, 0.05) is 17.9 Å². The van der Waals surface area contributed by atoms with Crippen LogP contribution in [0.4, 0.5) is 10.8 Å². The van der Waals surface area contributed by atoms with Crippen molar-refractivity contribution in [3.05, 3.63) is 70.2 Å². The molecule has 1 heterocycles. The van der Waals surface area contributed by atoms with Crippen LogP contribution in [-0.4, -0.2) is 35.9 Å². The Kier molecular flexibility index (Phi) is 8.37. The van der Waals surface area contributed by atoms with E-state index in [2.05, 4.69) is 10.3 Å². The number of amides is 2. The van der Waals surface area contributed by atoms with Crippen LogP contribution in [0.25, 0.3) is 0 Å². The van der Waals surface area contributed by atoms with E-state index in [1.165, 1.54) is 18.3 Å². The molecule has 1 aromatic heterocycles. The molecule has 0 atom stereocenters. The Hall–Kier alpha value is -3.72. The smallest absolute Gasteiger partial charge is 0.325 e.